The molecular formula is C28H29N5O7. The summed E-state index contributed by atoms with van der Waals surface area (Å²) < 4.78 is 11.4. The van der Waals surface area contributed by atoms with E-state index in [4.69, 9.17) is 19.3 Å². The molecule has 3 aromatic rings. The zero-order valence-electron chi connectivity index (χ0n) is 22.1. The number of hydrogen-bond donors (Lipinski definition) is 2. The van der Waals surface area contributed by atoms with Crippen molar-refractivity contribution < 1.29 is 29.3 Å². The van der Waals surface area contributed by atoms with Crippen LogP contribution in [0.3, 0.4) is 0 Å². The molecule has 0 saturated carbocycles. The molecule has 1 aliphatic heterocycles. The zero-order chi connectivity index (χ0) is 28.6. The number of aliphatic imine (C=N–C) groups is 1. The van der Waals surface area contributed by atoms with Gasteiger partial charge in [-0.15, -0.1) is 0 Å². The minimum Gasteiger partial charge on any atom is -0.474 e. The molecule has 2 N–H and O–H groups in total. The summed E-state index contributed by atoms with van der Waals surface area (Å²) in [6.45, 7) is 6.46. The van der Waals surface area contributed by atoms with Gasteiger partial charge in [-0.1, -0.05) is 36.9 Å². The molecule has 40 heavy (non-hydrogen) atoms. The molecule has 4 rings (SSSR count). The molecule has 0 spiro atoms. The Morgan fingerprint density at radius 2 is 2.02 bits per heavy atom. The summed E-state index contributed by atoms with van der Waals surface area (Å²) >= 11 is 0. The lowest BCUT2D eigenvalue weighted by molar-refractivity contribution is -0.0375. The fraction of sp³-hybridized carbons (Fsp3) is 0.250. The SMILES string of the molecule is C=COCON(CC(O)CO)c1ccc(N=C2C(c3ccccc3)=Nn3cc(C(=O)OCC)c(=O)nc32)c(C)c1. The van der Waals surface area contributed by atoms with Crippen LogP contribution in [0.5, 0.6) is 0 Å². The number of rotatable bonds is 12. The maximum Gasteiger partial charge on any atom is 0.345 e. The first-order chi connectivity index (χ1) is 19.4. The third kappa shape index (κ3) is 6.31. The van der Waals surface area contributed by atoms with Crippen LogP contribution in [0.25, 0.3) is 0 Å². The maximum absolute atomic E-state index is 12.7. The smallest absolute Gasteiger partial charge is 0.345 e. The number of benzene rings is 2. The Labute approximate surface area is 230 Å². The van der Waals surface area contributed by atoms with Crippen LogP contribution in [-0.4, -0.2) is 69.9 Å². The van der Waals surface area contributed by atoms with E-state index in [1.807, 2.05) is 37.3 Å². The third-order valence-corrected chi connectivity index (χ3v) is 5.78. The number of aryl methyl sites for hydroxylation is 1. The highest BCUT2D eigenvalue weighted by Crippen LogP contribution is 2.28. The number of hydrogen-bond acceptors (Lipinski definition) is 11. The van der Waals surface area contributed by atoms with Gasteiger partial charge in [-0.3, -0.25) is 4.79 Å². The van der Waals surface area contributed by atoms with Crippen molar-refractivity contribution in [3.8, 4) is 0 Å². The Hall–Kier alpha value is -4.65. The van der Waals surface area contributed by atoms with Crippen LogP contribution in [0, 0.1) is 6.92 Å². The maximum atomic E-state index is 12.7. The zero-order valence-corrected chi connectivity index (χ0v) is 22.1. The van der Waals surface area contributed by atoms with Crippen molar-refractivity contribution in [2.75, 3.05) is 31.6 Å². The fourth-order valence-corrected chi connectivity index (χ4v) is 3.85. The Balaban J connectivity index is 1.76. The third-order valence-electron chi connectivity index (χ3n) is 5.78. The monoisotopic (exact) mass is 547 g/mol. The van der Waals surface area contributed by atoms with Crippen molar-refractivity contribution in [1.29, 1.82) is 0 Å². The van der Waals surface area contributed by atoms with Crippen molar-refractivity contribution in [2.45, 2.75) is 20.0 Å². The van der Waals surface area contributed by atoms with Crippen molar-refractivity contribution in [1.82, 2.24) is 9.66 Å². The highest BCUT2D eigenvalue weighted by molar-refractivity contribution is 6.54. The lowest BCUT2D eigenvalue weighted by Crippen LogP contribution is -2.35. The van der Waals surface area contributed by atoms with Crippen LogP contribution in [0.2, 0.25) is 0 Å². The number of anilines is 1. The molecule has 0 aliphatic carbocycles. The number of aromatic nitrogens is 2. The van der Waals surface area contributed by atoms with Gasteiger partial charge in [-0.25, -0.2) is 24.4 Å². The molecule has 12 heteroatoms. The Kier molecular flexibility index (Phi) is 9.17. The van der Waals surface area contributed by atoms with Gasteiger partial charge in [0.25, 0.3) is 5.56 Å². The number of ether oxygens (including phenoxy) is 2. The minimum atomic E-state index is -1.05. The second kappa shape index (κ2) is 12.9. The predicted octanol–water partition coefficient (Wildman–Crippen LogP) is 2.32. The van der Waals surface area contributed by atoms with E-state index < -0.39 is 24.2 Å². The second-order valence-corrected chi connectivity index (χ2v) is 8.57. The average molecular weight is 548 g/mol. The minimum absolute atomic E-state index is 0.0157. The van der Waals surface area contributed by atoms with Crippen LogP contribution < -0.4 is 10.6 Å². The summed E-state index contributed by atoms with van der Waals surface area (Å²) in [7, 11) is 0. The summed E-state index contributed by atoms with van der Waals surface area (Å²) in [5.41, 5.74) is 2.46. The number of aliphatic hydroxyl groups excluding tert-OH is 2. The van der Waals surface area contributed by atoms with Crippen LogP contribution in [0.4, 0.5) is 11.4 Å². The van der Waals surface area contributed by atoms with Gasteiger partial charge in [-0.05, 0) is 37.6 Å². The number of fused-ring (bicyclic) bond motifs is 1. The molecule has 0 saturated heterocycles. The summed E-state index contributed by atoms with van der Waals surface area (Å²) in [5.74, 6) is -0.599. The van der Waals surface area contributed by atoms with Crippen LogP contribution >= 0.6 is 0 Å². The number of hydroxylamine groups is 1. The van der Waals surface area contributed by atoms with Crippen molar-refractivity contribution in [3.05, 3.63) is 100 Å². The van der Waals surface area contributed by atoms with Crippen molar-refractivity contribution >= 4 is 28.8 Å². The molecule has 1 unspecified atom stereocenters. The first-order valence-electron chi connectivity index (χ1n) is 12.4. The van der Waals surface area contributed by atoms with Crippen molar-refractivity contribution in [3.63, 3.8) is 0 Å². The molecule has 0 fully saturated rings. The molecule has 2 heterocycles. The topological polar surface area (TPSA) is 148 Å². The lowest BCUT2D eigenvalue weighted by Gasteiger charge is -2.25. The van der Waals surface area contributed by atoms with Gasteiger partial charge in [0.2, 0.25) is 6.79 Å². The number of esters is 1. The van der Waals surface area contributed by atoms with E-state index in [2.05, 4.69) is 16.7 Å². The predicted molar refractivity (Wildman–Crippen MR) is 148 cm³/mol. The standard InChI is InChI=1S/C28H29N5O7/c1-4-38-17-40-33(14-21(35)16-34)20-11-12-23(18(3)13-20)29-25-24(19-9-7-6-8-10-19)31-32-15-22(28(37)39-5-2)27(36)30-26(25)32/h4,6-13,15,21,34-35H,1,5,14,16-17H2,2-3H3. The number of aliphatic hydroxyl groups is 2. The van der Waals surface area contributed by atoms with Gasteiger partial charge in [0.15, 0.2) is 5.82 Å². The van der Waals surface area contributed by atoms with Gasteiger partial charge in [-0.2, -0.15) is 10.1 Å². The van der Waals surface area contributed by atoms with Crippen LogP contribution in [-0.2, 0) is 14.3 Å². The van der Waals surface area contributed by atoms with E-state index in [0.717, 1.165) is 11.1 Å². The molecule has 1 aromatic heterocycles. The number of carbonyl (C=O) groups is 1. The van der Waals surface area contributed by atoms with Gasteiger partial charge >= 0.3 is 5.97 Å². The quantitative estimate of drug-likeness (QED) is 0.115. The second-order valence-electron chi connectivity index (χ2n) is 8.57. The average Bonchev–Trinajstić information content (AvgIpc) is 3.30. The van der Waals surface area contributed by atoms with Crippen LogP contribution in [0.15, 0.2) is 82.5 Å². The van der Waals surface area contributed by atoms with E-state index in [9.17, 15) is 19.8 Å². The summed E-state index contributed by atoms with van der Waals surface area (Å²) in [5, 5.41) is 25.2. The van der Waals surface area contributed by atoms with Gasteiger partial charge < -0.3 is 19.7 Å². The molecule has 0 radical (unpaired) electrons. The molecular weight excluding hydrogens is 518 g/mol. The van der Waals surface area contributed by atoms with E-state index >= 15 is 0 Å². The molecule has 12 nitrogen and oxygen atoms in total. The number of nitrogens with zero attached hydrogens (tertiary/aromatic N) is 5. The first kappa shape index (κ1) is 28.4. The Morgan fingerprint density at radius 1 is 1.25 bits per heavy atom. The molecule has 1 atom stereocenters. The van der Waals surface area contributed by atoms with E-state index in [1.54, 1.807) is 25.1 Å². The summed E-state index contributed by atoms with van der Waals surface area (Å²) in [6, 6.07) is 14.5. The normalized spacial score (nSPS) is 13.9. The highest BCUT2D eigenvalue weighted by Gasteiger charge is 2.28. The summed E-state index contributed by atoms with van der Waals surface area (Å²) in [6.07, 6.45) is 1.48. The van der Waals surface area contributed by atoms with E-state index in [-0.39, 0.29) is 31.3 Å². The van der Waals surface area contributed by atoms with Gasteiger partial charge in [0, 0.05) is 5.56 Å². The Bertz CT molecular complexity index is 1500. The molecule has 0 amide bonds. The van der Waals surface area contributed by atoms with E-state index in [1.165, 1.54) is 22.2 Å². The van der Waals surface area contributed by atoms with E-state index in [0.29, 0.717) is 22.8 Å². The highest BCUT2D eigenvalue weighted by atomic mass is 16.8. The van der Waals surface area contributed by atoms with Gasteiger partial charge in [0.1, 0.15) is 17.0 Å². The largest absolute Gasteiger partial charge is 0.474 e. The first-order valence-corrected chi connectivity index (χ1v) is 12.4. The number of carbonyl (C=O) groups excluding carboxylic acids is 1. The summed E-state index contributed by atoms with van der Waals surface area (Å²) in [4.78, 5) is 39.5. The molecule has 0 bridgehead atoms. The van der Waals surface area contributed by atoms with Crippen LogP contribution in [0.1, 0.15) is 34.2 Å². The lowest BCUT2D eigenvalue weighted by atomic mass is 10.1. The Morgan fingerprint density at radius 3 is 2.70 bits per heavy atom. The van der Waals surface area contributed by atoms with Crippen molar-refractivity contribution in [2.24, 2.45) is 10.1 Å². The van der Waals surface area contributed by atoms with Gasteiger partial charge in [0.05, 0.1) is 49.7 Å². The molecule has 2 aromatic carbocycles. The fourth-order valence-electron chi connectivity index (χ4n) is 3.85. The molecule has 1 aliphatic rings. The molecule has 208 valence electrons.